The second-order valence-electron chi connectivity index (χ2n) is 8.21. The third-order valence-electron chi connectivity index (χ3n) is 6.33. The molecule has 0 unspecified atom stereocenters. The molecule has 10 nitrogen and oxygen atoms in total. The fourth-order valence-electron chi connectivity index (χ4n) is 4.60. The van der Waals surface area contributed by atoms with Crippen LogP contribution in [0.15, 0.2) is 30.3 Å². The van der Waals surface area contributed by atoms with Crippen molar-refractivity contribution in [3.63, 3.8) is 0 Å². The molecule has 4 N–H and O–H groups in total. The molecule has 0 radical (unpaired) electrons. The highest BCUT2D eigenvalue weighted by atomic mass is 16.7. The highest BCUT2D eigenvalue weighted by Crippen LogP contribution is 2.54. The number of rotatable bonds is 3. The fourth-order valence-corrected chi connectivity index (χ4v) is 4.60. The van der Waals surface area contributed by atoms with Gasteiger partial charge in [-0.25, -0.2) is 0 Å². The normalized spacial score (nSPS) is 34.1. The first-order chi connectivity index (χ1) is 15.5. The smallest absolute Gasteiger partial charge is 0.231 e. The molecule has 0 saturated carbocycles. The minimum atomic E-state index is -1.51. The minimum absolute atomic E-state index is 0.00390. The minimum Gasteiger partial charge on any atom is -0.492 e. The lowest BCUT2D eigenvalue weighted by Crippen LogP contribution is -2.60. The summed E-state index contributed by atoms with van der Waals surface area (Å²) < 4.78 is 34.2. The van der Waals surface area contributed by atoms with Crippen LogP contribution in [0.2, 0.25) is 0 Å². The molecule has 1 fully saturated rings. The molecule has 1 saturated heterocycles. The Balaban J connectivity index is 1.23. The standard InChI is InChI=1S/C22H22O10/c23-6-17-18(24)19(25)20(26)22(32-17)30-9-1-2-10-13(3-9)27-7-12-11-4-15-16(29-8-28-15)5-14(11)31-21(10)12/h1-5,12,17-26H,6-8H2/t12-,17+,18-,19+,20+,21-,22-/m1/s1. The molecule has 0 amide bonds. The lowest BCUT2D eigenvalue weighted by Gasteiger charge is -2.39. The summed E-state index contributed by atoms with van der Waals surface area (Å²) in [4.78, 5) is 0. The van der Waals surface area contributed by atoms with E-state index in [9.17, 15) is 20.4 Å². The van der Waals surface area contributed by atoms with E-state index in [1.54, 1.807) is 12.1 Å². The van der Waals surface area contributed by atoms with E-state index >= 15 is 0 Å². The highest BCUT2D eigenvalue weighted by Gasteiger charge is 2.45. The van der Waals surface area contributed by atoms with Gasteiger partial charge in [0, 0.05) is 23.3 Å². The zero-order valence-electron chi connectivity index (χ0n) is 16.8. The Morgan fingerprint density at radius 3 is 2.47 bits per heavy atom. The van der Waals surface area contributed by atoms with Crippen LogP contribution in [0.5, 0.6) is 28.7 Å². The predicted octanol–water partition coefficient (Wildman–Crippen LogP) is 0.204. The Kier molecular flexibility index (Phi) is 4.60. The number of fused-ring (bicyclic) bond motifs is 6. The van der Waals surface area contributed by atoms with Crippen LogP contribution in [-0.2, 0) is 4.74 Å². The van der Waals surface area contributed by atoms with E-state index in [4.69, 9.17) is 28.4 Å². The van der Waals surface area contributed by atoms with Crippen molar-refractivity contribution in [2.75, 3.05) is 20.0 Å². The molecular weight excluding hydrogens is 424 g/mol. The van der Waals surface area contributed by atoms with E-state index in [2.05, 4.69) is 0 Å². The van der Waals surface area contributed by atoms with Crippen molar-refractivity contribution in [1.29, 1.82) is 0 Å². The van der Waals surface area contributed by atoms with Gasteiger partial charge in [0.2, 0.25) is 13.1 Å². The lowest BCUT2D eigenvalue weighted by atomic mass is 9.89. The van der Waals surface area contributed by atoms with Crippen molar-refractivity contribution in [2.45, 2.75) is 42.7 Å². The van der Waals surface area contributed by atoms with E-state index in [0.29, 0.717) is 29.6 Å². The van der Waals surface area contributed by atoms with Gasteiger partial charge in [-0.2, -0.15) is 0 Å². The number of aliphatic hydroxyl groups is 4. The molecule has 0 aromatic heterocycles. The summed E-state index contributed by atoms with van der Waals surface area (Å²) in [7, 11) is 0. The molecule has 4 heterocycles. The quantitative estimate of drug-likeness (QED) is 0.518. The summed E-state index contributed by atoms with van der Waals surface area (Å²) in [5, 5.41) is 39.4. The molecule has 2 aromatic carbocycles. The summed E-state index contributed by atoms with van der Waals surface area (Å²) >= 11 is 0. The number of hydrogen-bond donors (Lipinski definition) is 4. The zero-order valence-corrected chi connectivity index (χ0v) is 16.8. The van der Waals surface area contributed by atoms with Crippen LogP contribution in [0.3, 0.4) is 0 Å². The number of benzene rings is 2. The molecular formula is C22H22O10. The van der Waals surface area contributed by atoms with Crippen LogP contribution in [0.4, 0.5) is 0 Å². The van der Waals surface area contributed by atoms with Gasteiger partial charge in [0.25, 0.3) is 0 Å². The first kappa shape index (κ1) is 19.9. The number of ether oxygens (including phenoxy) is 6. The van der Waals surface area contributed by atoms with Crippen LogP contribution in [0.25, 0.3) is 0 Å². The van der Waals surface area contributed by atoms with Crippen LogP contribution in [0.1, 0.15) is 23.1 Å². The van der Waals surface area contributed by atoms with Gasteiger partial charge >= 0.3 is 0 Å². The molecule has 0 spiro atoms. The summed E-state index contributed by atoms with van der Waals surface area (Å²) in [6.07, 6.45) is -7.01. The predicted molar refractivity (Wildman–Crippen MR) is 105 cm³/mol. The average molecular weight is 446 g/mol. The third kappa shape index (κ3) is 2.99. The Labute approximate surface area is 182 Å². The van der Waals surface area contributed by atoms with Crippen molar-refractivity contribution >= 4 is 0 Å². The molecule has 170 valence electrons. The van der Waals surface area contributed by atoms with E-state index in [0.717, 1.165) is 16.9 Å². The first-order valence-corrected chi connectivity index (χ1v) is 10.4. The number of hydrogen-bond acceptors (Lipinski definition) is 10. The van der Waals surface area contributed by atoms with Gasteiger partial charge in [-0.15, -0.1) is 0 Å². The average Bonchev–Trinajstić information content (AvgIpc) is 3.41. The lowest BCUT2D eigenvalue weighted by molar-refractivity contribution is -0.277. The molecule has 7 atom stereocenters. The Bertz CT molecular complexity index is 1040. The van der Waals surface area contributed by atoms with Crippen molar-refractivity contribution < 1.29 is 48.8 Å². The van der Waals surface area contributed by atoms with Crippen LogP contribution < -0.4 is 23.7 Å². The molecule has 10 heteroatoms. The summed E-state index contributed by atoms with van der Waals surface area (Å²) in [6, 6.07) is 8.94. The second-order valence-corrected chi connectivity index (χ2v) is 8.21. The SMILES string of the molecule is OC[C@@H]1O[C@@H](Oc2ccc3c(c2)OC[C@@H]2c4cc5c(cc4O[C@H]32)OCO5)[C@@H](O)[C@@H](O)[C@@H]1O. The second kappa shape index (κ2) is 7.39. The van der Waals surface area contributed by atoms with Crippen molar-refractivity contribution in [3.8, 4) is 28.7 Å². The highest BCUT2D eigenvalue weighted by molar-refractivity contribution is 5.57. The van der Waals surface area contributed by atoms with Gasteiger partial charge in [-0.3, -0.25) is 0 Å². The van der Waals surface area contributed by atoms with Crippen molar-refractivity contribution in [3.05, 3.63) is 41.5 Å². The van der Waals surface area contributed by atoms with E-state index in [-0.39, 0.29) is 18.8 Å². The number of aliphatic hydroxyl groups excluding tert-OH is 4. The topological polar surface area (TPSA) is 136 Å². The van der Waals surface area contributed by atoms with Gasteiger partial charge in [0.05, 0.1) is 19.1 Å². The molecule has 32 heavy (non-hydrogen) atoms. The maximum atomic E-state index is 10.2. The molecule has 2 aromatic rings. The van der Waals surface area contributed by atoms with Crippen LogP contribution in [0, 0.1) is 0 Å². The molecule has 6 rings (SSSR count). The van der Waals surface area contributed by atoms with Gasteiger partial charge < -0.3 is 48.8 Å². The van der Waals surface area contributed by atoms with E-state index < -0.39 is 37.3 Å². The van der Waals surface area contributed by atoms with Crippen molar-refractivity contribution in [2.24, 2.45) is 0 Å². The molecule has 0 aliphatic carbocycles. The maximum absolute atomic E-state index is 10.2. The molecule has 0 bridgehead atoms. The summed E-state index contributed by atoms with van der Waals surface area (Å²) in [5.74, 6) is 3.00. The van der Waals surface area contributed by atoms with Crippen molar-refractivity contribution in [1.82, 2.24) is 0 Å². The molecule has 4 aliphatic heterocycles. The first-order valence-electron chi connectivity index (χ1n) is 10.4. The zero-order chi connectivity index (χ0) is 22.0. The van der Waals surface area contributed by atoms with E-state index in [1.165, 1.54) is 0 Å². The van der Waals surface area contributed by atoms with Gasteiger partial charge in [-0.1, -0.05) is 0 Å². The monoisotopic (exact) mass is 446 g/mol. The Morgan fingerprint density at radius 2 is 1.66 bits per heavy atom. The van der Waals surface area contributed by atoms with Gasteiger partial charge in [0.15, 0.2) is 11.5 Å². The van der Waals surface area contributed by atoms with Crippen LogP contribution in [-0.4, -0.2) is 71.1 Å². The van der Waals surface area contributed by atoms with Gasteiger partial charge in [0.1, 0.15) is 47.8 Å². The maximum Gasteiger partial charge on any atom is 0.231 e. The Morgan fingerprint density at radius 1 is 0.844 bits per heavy atom. The van der Waals surface area contributed by atoms with Crippen LogP contribution >= 0.6 is 0 Å². The van der Waals surface area contributed by atoms with Gasteiger partial charge in [-0.05, 0) is 18.2 Å². The largest absolute Gasteiger partial charge is 0.492 e. The summed E-state index contributed by atoms with van der Waals surface area (Å²) in [5.41, 5.74) is 1.85. The third-order valence-corrected chi connectivity index (χ3v) is 6.33. The summed E-state index contributed by atoms with van der Waals surface area (Å²) in [6.45, 7) is 0.0648. The fraction of sp³-hybridized carbons (Fsp3) is 0.455. The Hall–Kier alpha value is -2.76. The molecule has 4 aliphatic rings. The van der Waals surface area contributed by atoms with E-state index in [1.807, 2.05) is 18.2 Å².